The van der Waals surface area contributed by atoms with Gasteiger partial charge in [0.25, 0.3) is 0 Å². The number of nitrogens with one attached hydrogen (secondary N) is 1. The zero-order valence-corrected chi connectivity index (χ0v) is 25.6. The fourth-order valence-electron chi connectivity index (χ4n) is 3.71. The highest BCUT2D eigenvalue weighted by atomic mass is 28.4. The SMILES string of the molecule is CCOC(=O)c1c(CCC(C)(C)O[Si](C)(C)C(C)(C)C)nn2cc(OC)c(NC(=O)OC(C)(C)C)cc12. The number of carbonyl (C=O) groups is 2. The van der Waals surface area contributed by atoms with Gasteiger partial charge in [0.15, 0.2) is 14.1 Å². The first kappa shape index (κ1) is 30.6. The van der Waals surface area contributed by atoms with Gasteiger partial charge in [-0.05, 0) is 78.6 Å². The number of carbonyl (C=O) groups excluding carboxylic acids is 2. The number of nitrogens with zero attached hydrogens (tertiary/aromatic N) is 2. The number of hydrogen-bond donors (Lipinski definition) is 1. The molecule has 0 aromatic carbocycles. The predicted molar refractivity (Wildman–Crippen MR) is 148 cm³/mol. The first-order valence-corrected chi connectivity index (χ1v) is 15.7. The smallest absolute Gasteiger partial charge is 0.412 e. The first-order valence-electron chi connectivity index (χ1n) is 12.8. The summed E-state index contributed by atoms with van der Waals surface area (Å²) in [5, 5.41) is 7.50. The third-order valence-electron chi connectivity index (χ3n) is 6.44. The van der Waals surface area contributed by atoms with Crippen LogP contribution in [0.2, 0.25) is 18.1 Å². The Labute approximate surface area is 222 Å². The molecule has 0 saturated heterocycles. The van der Waals surface area contributed by atoms with Crippen molar-refractivity contribution in [3.05, 3.63) is 23.5 Å². The minimum absolute atomic E-state index is 0.0809. The number of aromatic nitrogens is 2. The van der Waals surface area contributed by atoms with Gasteiger partial charge in [-0.1, -0.05) is 20.8 Å². The van der Waals surface area contributed by atoms with Crippen molar-refractivity contribution in [1.29, 1.82) is 0 Å². The monoisotopic (exact) mass is 535 g/mol. The van der Waals surface area contributed by atoms with Crippen molar-refractivity contribution < 1.29 is 28.2 Å². The van der Waals surface area contributed by atoms with Crippen LogP contribution in [0.25, 0.3) is 5.52 Å². The number of hydrogen-bond acceptors (Lipinski definition) is 7. The molecule has 0 unspecified atom stereocenters. The fourth-order valence-corrected chi connectivity index (χ4v) is 5.50. The van der Waals surface area contributed by atoms with Crippen molar-refractivity contribution in [1.82, 2.24) is 9.61 Å². The lowest BCUT2D eigenvalue weighted by molar-refractivity contribution is 0.0524. The van der Waals surface area contributed by atoms with Gasteiger partial charge in [0.2, 0.25) is 0 Å². The molecule has 2 heterocycles. The number of anilines is 1. The molecule has 37 heavy (non-hydrogen) atoms. The van der Waals surface area contributed by atoms with Crippen molar-refractivity contribution in [3.8, 4) is 5.75 Å². The lowest BCUT2D eigenvalue weighted by Gasteiger charge is -2.42. The van der Waals surface area contributed by atoms with Crippen molar-refractivity contribution in [2.75, 3.05) is 19.0 Å². The lowest BCUT2D eigenvalue weighted by atomic mass is 9.99. The number of ether oxygens (including phenoxy) is 3. The number of rotatable bonds is 9. The Kier molecular flexibility index (Phi) is 9.13. The van der Waals surface area contributed by atoms with E-state index in [1.165, 1.54) is 7.11 Å². The van der Waals surface area contributed by atoms with Crippen LogP contribution in [-0.2, 0) is 20.3 Å². The minimum atomic E-state index is -2.00. The van der Waals surface area contributed by atoms with Crippen LogP contribution in [0, 0.1) is 0 Å². The molecule has 0 aliphatic carbocycles. The first-order chi connectivity index (χ1) is 16.8. The minimum Gasteiger partial charge on any atom is -0.493 e. The van der Waals surface area contributed by atoms with Crippen LogP contribution in [0.5, 0.6) is 5.75 Å². The molecule has 0 radical (unpaired) electrons. The summed E-state index contributed by atoms with van der Waals surface area (Å²) in [7, 11) is -0.498. The van der Waals surface area contributed by atoms with Crippen molar-refractivity contribution in [3.63, 3.8) is 0 Å². The molecule has 0 saturated carbocycles. The predicted octanol–water partition coefficient (Wildman–Crippen LogP) is 6.60. The summed E-state index contributed by atoms with van der Waals surface area (Å²) in [5.74, 6) is -0.0894. The van der Waals surface area contributed by atoms with Gasteiger partial charge >= 0.3 is 12.1 Å². The largest absolute Gasteiger partial charge is 0.493 e. The molecule has 208 valence electrons. The van der Waals surface area contributed by atoms with E-state index in [-0.39, 0.29) is 11.6 Å². The van der Waals surface area contributed by atoms with Crippen LogP contribution in [0.3, 0.4) is 0 Å². The van der Waals surface area contributed by atoms with Gasteiger partial charge in [0, 0.05) is 0 Å². The van der Waals surface area contributed by atoms with Crippen LogP contribution < -0.4 is 10.1 Å². The Morgan fingerprint density at radius 2 is 1.70 bits per heavy atom. The highest BCUT2D eigenvalue weighted by molar-refractivity contribution is 6.74. The molecule has 0 spiro atoms. The van der Waals surface area contributed by atoms with Gasteiger partial charge in [-0.3, -0.25) is 5.32 Å². The zero-order chi connectivity index (χ0) is 28.4. The molecule has 0 fully saturated rings. The van der Waals surface area contributed by atoms with E-state index in [4.69, 9.17) is 23.7 Å². The van der Waals surface area contributed by atoms with Crippen LogP contribution >= 0.6 is 0 Å². The molecule has 2 rings (SSSR count). The van der Waals surface area contributed by atoms with Gasteiger partial charge in [-0.15, -0.1) is 0 Å². The topological polar surface area (TPSA) is 100 Å². The standard InChI is InChI=1S/C27H45N3O6Si/c1-13-34-23(31)22-18(14-15-27(8,9)36-37(11,12)26(5,6)7)29-30-17-21(33-10)19(16-20(22)30)28-24(32)35-25(2,3)4/h16-17H,13-15H2,1-12H3,(H,28,32). The number of fused-ring (bicyclic) bond motifs is 1. The Bertz CT molecular complexity index is 1130. The fraction of sp³-hybridized carbons (Fsp3) is 0.667. The Hall–Kier alpha value is -2.59. The molecule has 0 atom stereocenters. The van der Waals surface area contributed by atoms with Crippen molar-refractivity contribution in [2.45, 2.75) is 104 Å². The molecule has 2 aromatic heterocycles. The average Bonchev–Trinajstić information content (AvgIpc) is 3.06. The lowest BCUT2D eigenvalue weighted by Crippen LogP contribution is -2.47. The van der Waals surface area contributed by atoms with E-state index in [1.807, 2.05) is 0 Å². The van der Waals surface area contributed by atoms with Crippen molar-refractivity contribution >= 4 is 31.6 Å². The van der Waals surface area contributed by atoms with Gasteiger partial charge in [-0.25, -0.2) is 14.1 Å². The summed E-state index contributed by atoms with van der Waals surface area (Å²) >= 11 is 0. The molecule has 0 aliphatic rings. The van der Waals surface area contributed by atoms with Crippen LogP contribution in [0.4, 0.5) is 10.5 Å². The second kappa shape index (κ2) is 11.0. The number of pyridine rings is 1. The molecule has 10 heteroatoms. The quantitative estimate of drug-likeness (QED) is 0.285. The molecule has 0 bridgehead atoms. The third-order valence-corrected chi connectivity index (χ3v) is 11.1. The maximum atomic E-state index is 13.1. The highest BCUT2D eigenvalue weighted by Gasteiger charge is 2.41. The van der Waals surface area contributed by atoms with Gasteiger partial charge in [0.1, 0.15) is 11.2 Å². The molecule has 0 aliphatic heterocycles. The maximum absolute atomic E-state index is 13.1. The van der Waals surface area contributed by atoms with E-state index in [0.29, 0.717) is 41.1 Å². The number of methoxy groups -OCH3 is 1. The molecule has 2 aromatic rings. The summed E-state index contributed by atoms with van der Waals surface area (Å²) in [5.41, 5.74) is 0.750. The number of amides is 1. The molecule has 9 nitrogen and oxygen atoms in total. The Morgan fingerprint density at radius 1 is 1.08 bits per heavy atom. The summed E-state index contributed by atoms with van der Waals surface area (Å²) in [6.07, 6.45) is 2.17. The van der Waals surface area contributed by atoms with E-state index in [0.717, 1.165) is 0 Å². The van der Waals surface area contributed by atoms with E-state index >= 15 is 0 Å². The van der Waals surface area contributed by atoms with Crippen LogP contribution in [0.1, 0.15) is 84.8 Å². The maximum Gasteiger partial charge on any atom is 0.412 e. The number of esters is 1. The Morgan fingerprint density at radius 3 is 2.22 bits per heavy atom. The molecule has 1 N–H and O–H groups in total. The summed E-state index contributed by atoms with van der Waals surface area (Å²) < 4.78 is 24.5. The van der Waals surface area contributed by atoms with E-state index in [1.54, 1.807) is 44.5 Å². The Balaban J connectivity index is 2.47. The second-order valence-electron chi connectivity index (χ2n) is 12.4. The molecular formula is C27H45N3O6Si. The van der Waals surface area contributed by atoms with Crippen LogP contribution in [0.15, 0.2) is 12.3 Å². The summed E-state index contributed by atoms with van der Waals surface area (Å²) in [4.78, 5) is 25.5. The van der Waals surface area contributed by atoms with E-state index < -0.39 is 31.6 Å². The summed E-state index contributed by atoms with van der Waals surface area (Å²) in [6.45, 7) is 22.6. The number of aryl methyl sites for hydroxylation is 1. The van der Waals surface area contributed by atoms with Gasteiger partial charge in [0.05, 0.1) is 42.4 Å². The normalized spacial score (nSPS) is 13.0. The molecule has 1 amide bonds. The average molecular weight is 536 g/mol. The van der Waals surface area contributed by atoms with Gasteiger partial charge < -0.3 is 18.6 Å². The zero-order valence-electron chi connectivity index (χ0n) is 24.6. The summed E-state index contributed by atoms with van der Waals surface area (Å²) in [6, 6.07) is 1.66. The van der Waals surface area contributed by atoms with E-state index in [9.17, 15) is 9.59 Å². The third kappa shape index (κ3) is 7.94. The van der Waals surface area contributed by atoms with Gasteiger partial charge in [-0.2, -0.15) is 5.10 Å². The van der Waals surface area contributed by atoms with Crippen molar-refractivity contribution in [2.24, 2.45) is 0 Å². The highest BCUT2D eigenvalue weighted by Crippen LogP contribution is 2.40. The molecular weight excluding hydrogens is 490 g/mol. The second-order valence-corrected chi connectivity index (χ2v) is 17.1. The van der Waals surface area contributed by atoms with Crippen LogP contribution in [-0.4, -0.2) is 54.9 Å². The van der Waals surface area contributed by atoms with E-state index in [2.05, 4.69) is 53.0 Å².